The number of benzene rings is 1. The van der Waals surface area contributed by atoms with Gasteiger partial charge >= 0.3 is 0 Å². The standard InChI is InChI=1S/C16H20N2O2/c1-11-3-2-4-13(9-11)16-17-15(20-18-16)10-12-5-7-14(19)8-6-12/h5-8,11,13,19H,2-4,9-10H2,1H3. The molecule has 1 N–H and O–H groups in total. The van der Waals surface area contributed by atoms with E-state index in [9.17, 15) is 5.11 Å². The number of hydrogen-bond acceptors (Lipinski definition) is 4. The van der Waals surface area contributed by atoms with E-state index in [1.54, 1.807) is 12.1 Å². The van der Waals surface area contributed by atoms with Gasteiger partial charge in [0.25, 0.3) is 0 Å². The largest absolute Gasteiger partial charge is 0.508 e. The van der Waals surface area contributed by atoms with Gasteiger partial charge in [0, 0.05) is 5.92 Å². The Morgan fingerprint density at radius 2 is 2.05 bits per heavy atom. The van der Waals surface area contributed by atoms with E-state index >= 15 is 0 Å². The number of hydrogen-bond donors (Lipinski definition) is 1. The van der Waals surface area contributed by atoms with E-state index in [0.29, 0.717) is 18.2 Å². The molecule has 1 saturated carbocycles. The van der Waals surface area contributed by atoms with Crippen LogP contribution in [0, 0.1) is 5.92 Å². The summed E-state index contributed by atoms with van der Waals surface area (Å²) in [6.45, 7) is 2.30. The Balaban J connectivity index is 1.68. The smallest absolute Gasteiger partial charge is 0.231 e. The van der Waals surface area contributed by atoms with Crippen LogP contribution in [-0.2, 0) is 6.42 Å². The predicted octanol–water partition coefficient (Wildman–Crippen LogP) is 3.66. The van der Waals surface area contributed by atoms with E-state index in [1.807, 2.05) is 12.1 Å². The molecule has 106 valence electrons. The normalized spacial score (nSPS) is 22.9. The number of nitrogens with zero attached hydrogens (tertiary/aromatic N) is 2. The Hall–Kier alpha value is -1.84. The summed E-state index contributed by atoms with van der Waals surface area (Å²) >= 11 is 0. The minimum Gasteiger partial charge on any atom is -0.508 e. The molecule has 0 aliphatic heterocycles. The molecule has 0 amide bonds. The first-order valence-corrected chi connectivity index (χ1v) is 7.31. The monoisotopic (exact) mass is 272 g/mol. The zero-order valence-electron chi connectivity index (χ0n) is 11.7. The van der Waals surface area contributed by atoms with Crippen LogP contribution in [0.3, 0.4) is 0 Å². The molecule has 1 aliphatic carbocycles. The van der Waals surface area contributed by atoms with Crippen molar-refractivity contribution in [3.8, 4) is 5.75 Å². The first-order valence-electron chi connectivity index (χ1n) is 7.31. The number of rotatable bonds is 3. The highest BCUT2D eigenvalue weighted by Gasteiger charge is 2.24. The van der Waals surface area contributed by atoms with Gasteiger partial charge in [-0.15, -0.1) is 0 Å². The van der Waals surface area contributed by atoms with Crippen LogP contribution in [0.5, 0.6) is 5.75 Å². The van der Waals surface area contributed by atoms with E-state index in [4.69, 9.17) is 4.52 Å². The van der Waals surface area contributed by atoms with Crippen molar-refractivity contribution >= 4 is 0 Å². The molecule has 3 rings (SSSR count). The van der Waals surface area contributed by atoms with Crippen LogP contribution in [0.4, 0.5) is 0 Å². The van der Waals surface area contributed by atoms with E-state index in [1.165, 1.54) is 19.3 Å². The van der Waals surface area contributed by atoms with Gasteiger partial charge in [-0.1, -0.05) is 37.1 Å². The van der Waals surface area contributed by atoms with Crippen molar-refractivity contribution in [2.75, 3.05) is 0 Å². The molecular weight excluding hydrogens is 252 g/mol. The second-order valence-electron chi connectivity index (χ2n) is 5.86. The maximum atomic E-state index is 9.27. The van der Waals surface area contributed by atoms with Gasteiger partial charge in [-0.3, -0.25) is 0 Å². The second kappa shape index (κ2) is 5.65. The molecule has 2 aromatic rings. The van der Waals surface area contributed by atoms with Crippen molar-refractivity contribution in [3.05, 3.63) is 41.5 Å². The lowest BCUT2D eigenvalue weighted by Crippen LogP contribution is -2.12. The third kappa shape index (κ3) is 3.00. The van der Waals surface area contributed by atoms with Crippen molar-refractivity contribution < 1.29 is 9.63 Å². The number of aromatic nitrogens is 2. The third-order valence-corrected chi connectivity index (χ3v) is 4.08. The molecule has 4 nitrogen and oxygen atoms in total. The highest BCUT2D eigenvalue weighted by Crippen LogP contribution is 2.34. The summed E-state index contributed by atoms with van der Waals surface area (Å²) in [5.41, 5.74) is 1.06. The SMILES string of the molecule is CC1CCCC(c2noc(Cc3ccc(O)cc3)n2)C1. The summed E-state index contributed by atoms with van der Waals surface area (Å²) < 4.78 is 5.36. The number of phenolic OH excluding ortho intramolecular Hbond substituents is 1. The molecule has 1 aliphatic rings. The summed E-state index contributed by atoms with van der Waals surface area (Å²) in [6, 6.07) is 7.11. The van der Waals surface area contributed by atoms with Gasteiger partial charge in [0.2, 0.25) is 5.89 Å². The second-order valence-corrected chi connectivity index (χ2v) is 5.86. The average molecular weight is 272 g/mol. The molecule has 0 bridgehead atoms. The van der Waals surface area contributed by atoms with Gasteiger partial charge in [-0.25, -0.2) is 0 Å². The maximum Gasteiger partial charge on any atom is 0.231 e. The van der Waals surface area contributed by atoms with E-state index in [-0.39, 0.29) is 5.75 Å². The van der Waals surface area contributed by atoms with Crippen molar-refractivity contribution in [2.45, 2.75) is 44.9 Å². The van der Waals surface area contributed by atoms with E-state index in [2.05, 4.69) is 17.1 Å². The Morgan fingerprint density at radius 1 is 1.25 bits per heavy atom. The molecule has 0 spiro atoms. The van der Waals surface area contributed by atoms with Crippen LogP contribution in [0.1, 0.15) is 55.8 Å². The van der Waals surface area contributed by atoms with Crippen LogP contribution in [0.25, 0.3) is 0 Å². The summed E-state index contributed by atoms with van der Waals surface area (Å²) in [7, 11) is 0. The van der Waals surface area contributed by atoms with Crippen LogP contribution < -0.4 is 0 Å². The molecule has 1 aromatic heterocycles. The Bertz CT molecular complexity index is 562. The van der Waals surface area contributed by atoms with Crippen molar-refractivity contribution in [3.63, 3.8) is 0 Å². The van der Waals surface area contributed by atoms with Gasteiger partial charge < -0.3 is 9.63 Å². The Morgan fingerprint density at radius 3 is 2.80 bits per heavy atom. The minimum absolute atomic E-state index is 0.274. The lowest BCUT2D eigenvalue weighted by atomic mass is 9.82. The zero-order valence-corrected chi connectivity index (χ0v) is 11.7. The molecule has 1 aromatic carbocycles. The fourth-order valence-electron chi connectivity index (χ4n) is 2.96. The van der Waals surface area contributed by atoms with Gasteiger partial charge in [0.15, 0.2) is 5.82 Å². The van der Waals surface area contributed by atoms with Gasteiger partial charge in [0.05, 0.1) is 6.42 Å². The fraction of sp³-hybridized carbons (Fsp3) is 0.500. The van der Waals surface area contributed by atoms with Gasteiger partial charge in [0.1, 0.15) is 5.75 Å². The molecule has 4 heteroatoms. The van der Waals surface area contributed by atoms with Gasteiger partial charge in [-0.05, 0) is 36.5 Å². The fourth-order valence-corrected chi connectivity index (χ4v) is 2.96. The Kier molecular flexibility index (Phi) is 3.72. The van der Waals surface area contributed by atoms with Crippen molar-refractivity contribution in [2.24, 2.45) is 5.92 Å². The molecule has 1 fully saturated rings. The quantitative estimate of drug-likeness (QED) is 0.926. The zero-order chi connectivity index (χ0) is 13.9. The van der Waals surface area contributed by atoms with E-state index < -0.39 is 0 Å². The van der Waals surface area contributed by atoms with Crippen molar-refractivity contribution in [1.29, 1.82) is 0 Å². The number of phenols is 1. The summed E-state index contributed by atoms with van der Waals surface area (Å²) in [6.07, 6.45) is 5.53. The predicted molar refractivity (Wildman–Crippen MR) is 75.6 cm³/mol. The van der Waals surface area contributed by atoms with Crippen LogP contribution >= 0.6 is 0 Å². The van der Waals surface area contributed by atoms with Crippen LogP contribution in [0.2, 0.25) is 0 Å². The maximum absolute atomic E-state index is 9.27. The molecule has 1 heterocycles. The molecule has 0 saturated heterocycles. The molecule has 20 heavy (non-hydrogen) atoms. The van der Waals surface area contributed by atoms with E-state index in [0.717, 1.165) is 23.7 Å². The lowest BCUT2D eigenvalue weighted by molar-refractivity contribution is 0.320. The molecular formula is C16H20N2O2. The molecule has 2 unspecified atom stereocenters. The summed E-state index contributed by atoms with van der Waals surface area (Å²) in [4.78, 5) is 4.55. The van der Waals surface area contributed by atoms with Crippen LogP contribution in [-0.4, -0.2) is 15.2 Å². The topological polar surface area (TPSA) is 59.2 Å². The Labute approximate surface area is 118 Å². The molecule has 0 radical (unpaired) electrons. The lowest BCUT2D eigenvalue weighted by Gasteiger charge is -2.23. The average Bonchev–Trinajstić information content (AvgIpc) is 2.90. The summed E-state index contributed by atoms with van der Waals surface area (Å²) in [5.74, 6) is 3.01. The minimum atomic E-state index is 0.274. The first-order chi connectivity index (χ1) is 9.70. The van der Waals surface area contributed by atoms with Crippen LogP contribution in [0.15, 0.2) is 28.8 Å². The number of aromatic hydroxyl groups is 1. The summed E-state index contributed by atoms with van der Waals surface area (Å²) in [5, 5.41) is 13.4. The third-order valence-electron chi connectivity index (χ3n) is 4.08. The first kappa shape index (κ1) is 13.2. The van der Waals surface area contributed by atoms with Crippen molar-refractivity contribution in [1.82, 2.24) is 10.1 Å². The highest BCUT2D eigenvalue weighted by molar-refractivity contribution is 5.27. The molecule has 2 atom stereocenters. The van der Waals surface area contributed by atoms with Gasteiger partial charge in [-0.2, -0.15) is 4.98 Å². The highest BCUT2D eigenvalue weighted by atomic mass is 16.5.